The van der Waals surface area contributed by atoms with Gasteiger partial charge in [-0.15, -0.1) is 0 Å². The topological polar surface area (TPSA) is 78.5 Å². The van der Waals surface area contributed by atoms with E-state index in [9.17, 15) is 18.8 Å². The van der Waals surface area contributed by atoms with E-state index in [2.05, 4.69) is 26.6 Å². The lowest BCUT2D eigenvalue weighted by Crippen LogP contribution is -2.36. The molecule has 1 fully saturated rings. The molecule has 1 heterocycles. The van der Waals surface area contributed by atoms with Crippen LogP contribution >= 0.6 is 15.9 Å². The maximum absolute atomic E-state index is 13.7. The van der Waals surface area contributed by atoms with Crippen molar-refractivity contribution in [3.05, 3.63) is 63.9 Å². The average molecular weight is 448 g/mol. The van der Waals surface area contributed by atoms with Crippen molar-refractivity contribution in [1.82, 2.24) is 10.6 Å². The number of rotatable bonds is 6. The predicted molar refractivity (Wildman–Crippen MR) is 106 cm³/mol. The van der Waals surface area contributed by atoms with Gasteiger partial charge >= 0.3 is 0 Å². The maximum atomic E-state index is 13.7. The smallest absolute Gasteiger partial charge is 0.251 e. The van der Waals surface area contributed by atoms with Gasteiger partial charge < -0.3 is 15.5 Å². The summed E-state index contributed by atoms with van der Waals surface area (Å²) in [5.41, 5.74) is 1.50. The molecule has 146 valence electrons. The molecule has 28 heavy (non-hydrogen) atoms. The fourth-order valence-electron chi connectivity index (χ4n) is 2.91. The van der Waals surface area contributed by atoms with Gasteiger partial charge in [-0.2, -0.15) is 0 Å². The first-order valence-electron chi connectivity index (χ1n) is 8.83. The number of carbonyl (C=O) groups excluding carboxylic acids is 3. The molecule has 0 saturated carbocycles. The van der Waals surface area contributed by atoms with Crippen molar-refractivity contribution in [3.63, 3.8) is 0 Å². The van der Waals surface area contributed by atoms with E-state index in [0.29, 0.717) is 28.6 Å². The molecule has 2 N–H and O–H groups in total. The van der Waals surface area contributed by atoms with Gasteiger partial charge in [0, 0.05) is 40.8 Å². The summed E-state index contributed by atoms with van der Waals surface area (Å²) in [5.74, 6) is -1.16. The summed E-state index contributed by atoms with van der Waals surface area (Å²) in [4.78, 5) is 37.5. The third kappa shape index (κ3) is 4.95. The summed E-state index contributed by atoms with van der Waals surface area (Å²) in [7, 11) is 0. The van der Waals surface area contributed by atoms with Crippen LogP contribution in [-0.4, -0.2) is 30.8 Å². The van der Waals surface area contributed by atoms with Crippen LogP contribution in [0.4, 0.5) is 10.1 Å². The van der Waals surface area contributed by atoms with Crippen LogP contribution < -0.4 is 15.5 Å². The third-order valence-electron chi connectivity index (χ3n) is 4.41. The van der Waals surface area contributed by atoms with E-state index in [1.165, 1.54) is 6.07 Å². The van der Waals surface area contributed by atoms with Crippen LogP contribution in [0.3, 0.4) is 0 Å². The molecule has 0 radical (unpaired) electrons. The Hall–Kier alpha value is -2.74. The van der Waals surface area contributed by atoms with Gasteiger partial charge in [0.15, 0.2) is 0 Å². The van der Waals surface area contributed by atoms with E-state index in [1.54, 1.807) is 41.3 Å². The van der Waals surface area contributed by atoms with Crippen LogP contribution in [0.25, 0.3) is 0 Å². The van der Waals surface area contributed by atoms with Gasteiger partial charge in [-0.25, -0.2) is 4.39 Å². The highest BCUT2D eigenvalue weighted by atomic mass is 79.9. The van der Waals surface area contributed by atoms with Gasteiger partial charge in [-0.3, -0.25) is 14.4 Å². The molecule has 6 nitrogen and oxygen atoms in total. The normalized spacial score (nSPS) is 13.5. The number of hydrogen-bond acceptors (Lipinski definition) is 3. The highest BCUT2D eigenvalue weighted by Crippen LogP contribution is 2.21. The minimum atomic E-state index is -0.424. The van der Waals surface area contributed by atoms with E-state index in [-0.39, 0.29) is 19.0 Å². The molecule has 2 aromatic rings. The minimum absolute atomic E-state index is 0.0263. The molecular formula is C20H19BrFN3O3. The van der Waals surface area contributed by atoms with Crippen LogP contribution in [0.1, 0.15) is 28.8 Å². The van der Waals surface area contributed by atoms with Crippen molar-refractivity contribution in [1.29, 1.82) is 0 Å². The molecule has 0 unspecified atom stereocenters. The zero-order valence-electron chi connectivity index (χ0n) is 15.0. The summed E-state index contributed by atoms with van der Waals surface area (Å²) in [5, 5.41) is 5.09. The molecule has 3 rings (SSSR count). The second-order valence-corrected chi connectivity index (χ2v) is 7.31. The van der Waals surface area contributed by atoms with Crippen LogP contribution in [0.2, 0.25) is 0 Å². The van der Waals surface area contributed by atoms with Crippen molar-refractivity contribution in [2.45, 2.75) is 19.4 Å². The predicted octanol–water partition coefficient (Wildman–Crippen LogP) is 2.76. The fraction of sp³-hybridized carbons (Fsp3) is 0.250. The Kier molecular flexibility index (Phi) is 6.41. The van der Waals surface area contributed by atoms with Crippen LogP contribution in [-0.2, 0) is 16.1 Å². The van der Waals surface area contributed by atoms with Gasteiger partial charge in [-0.05, 0) is 48.9 Å². The highest BCUT2D eigenvalue weighted by Gasteiger charge is 2.21. The number of benzene rings is 2. The molecule has 2 aromatic carbocycles. The molecule has 0 atom stereocenters. The molecule has 0 aliphatic carbocycles. The van der Waals surface area contributed by atoms with E-state index < -0.39 is 17.6 Å². The largest absolute Gasteiger partial charge is 0.350 e. The number of hydrogen-bond donors (Lipinski definition) is 2. The molecule has 1 aliphatic heterocycles. The van der Waals surface area contributed by atoms with Crippen molar-refractivity contribution < 1.29 is 18.8 Å². The first-order chi connectivity index (χ1) is 13.4. The molecular weight excluding hydrogens is 429 g/mol. The lowest BCUT2D eigenvalue weighted by atomic mass is 10.2. The average Bonchev–Trinajstić information content (AvgIpc) is 3.12. The number of amides is 3. The number of nitrogens with one attached hydrogen (secondary N) is 2. The first-order valence-corrected chi connectivity index (χ1v) is 9.62. The zero-order valence-corrected chi connectivity index (χ0v) is 16.6. The van der Waals surface area contributed by atoms with Crippen LogP contribution in [0.5, 0.6) is 0 Å². The van der Waals surface area contributed by atoms with Gasteiger partial charge in [0.2, 0.25) is 11.8 Å². The SMILES string of the molecule is O=C(CNC(=O)c1ccc(N2CCCC2=O)cc1)NCc1cc(Br)ccc1F. The second-order valence-electron chi connectivity index (χ2n) is 6.39. The standard InChI is InChI=1S/C20H19BrFN3O3/c21-15-5-8-17(22)14(10-15)11-23-18(26)12-24-20(28)13-3-6-16(7-4-13)25-9-1-2-19(25)27/h3-8,10H,1-2,9,11-12H2,(H,23,26)(H,24,28). The van der Waals surface area contributed by atoms with Crippen molar-refractivity contribution >= 4 is 39.3 Å². The summed E-state index contributed by atoms with van der Waals surface area (Å²) in [6.07, 6.45) is 1.38. The van der Waals surface area contributed by atoms with Gasteiger partial charge in [0.1, 0.15) is 5.82 Å². The zero-order chi connectivity index (χ0) is 20.1. The lowest BCUT2D eigenvalue weighted by Gasteiger charge is -2.15. The quantitative estimate of drug-likeness (QED) is 0.714. The third-order valence-corrected chi connectivity index (χ3v) is 4.90. The highest BCUT2D eigenvalue weighted by molar-refractivity contribution is 9.10. The second kappa shape index (κ2) is 8.97. The Morgan fingerprint density at radius 3 is 2.54 bits per heavy atom. The summed E-state index contributed by atoms with van der Waals surface area (Å²) in [6.45, 7) is 0.489. The number of nitrogens with zero attached hydrogens (tertiary/aromatic N) is 1. The van der Waals surface area contributed by atoms with E-state index in [4.69, 9.17) is 0 Å². The first kappa shape index (κ1) is 20.0. The van der Waals surface area contributed by atoms with Crippen molar-refractivity contribution in [2.24, 2.45) is 0 Å². The minimum Gasteiger partial charge on any atom is -0.350 e. The fourth-order valence-corrected chi connectivity index (χ4v) is 3.32. The summed E-state index contributed by atoms with van der Waals surface area (Å²) in [6, 6.07) is 11.1. The van der Waals surface area contributed by atoms with Crippen molar-refractivity contribution in [3.8, 4) is 0 Å². The number of carbonyl (C=O) groups is 3. The van der Waals surface area contributed by atoms with E-state index >= 15 is 0 Å². The van der Waals surface area contributed by atoms with E-state index in [1.807, 2.05) is 0 Å². The van der Waals surface area contributed by atoms with Gasteiger partial charge in [0.05, 0.1) is 6.54 Å². The Bertz CT molecular complexity index is 902. The van der Waals surface area contributed by atoms with Crippen LogP contribution in [0.15, 0.2) is 46.9 Å². The summed E-state index contributed by atoms with van der Waals surface area (Å²) >= 11 is 3.25. The Labute approximate surface area is 170 Å². The Balaban J connectivity index is 1.48. The Morgan fingerprint density at radius 1 is 1.11 bits per heavy atom. The molecule has 0 spiro atoms. The molecule has 3 amide bonds. The summed E-state index contributed by atoms with van der Waals surface area (Å²) < 4.78 is 14.4. The maximum Gasteiger partial charge on any atom is 0.251 e. The van der Waals surface area contributed by atoms with Gasteiger partial charge in [0.25, 0.3) is 5.91 Å². The lowest BCUT2D eigenvalue weighted by molar-refractivity contribution is -0.120. The van der Waals surface area contributed by atoms with Crippen LogP contribution in [0, 0.1) is 5.82 Å². The van der Waals surface area contributed by atoms with Gasteiger partial charge in [-0.1, -0.05) is 15.9 Å². The van der Waals surface area contributed by atoms with Crippen molar-refractivity contribution in [2.75, 3.05) is 18.0 Å². The van der Waals surface area contributed by atoms with E-state index in [0.717, 1.165) is 12.1 Å². The Morgan fingerprint density at radius 2 is 1.86 bits per heavy atom. The molecule has 1 saturated heterocycles. The monoisotopic (exact) mass is 447 g/mol. The molecule has 0 aromatic heterocycles. The molecule has 8 heteroatoms. The molecule has 1 aliphatic rings. The number of anilines is 1. The molecule has 0 bridgehead atoms. The number of halogens is 2.